The molecule has 2 rings (SSSR count). The third-order valence-corrected chi connectivity index (χ3v) is 4.50. The van der Waals surface area contributed by atoms with Crippen molar-refractivity contribution in [3.05, 3.63) is 10.4 Å². The van der Waals surface area contributed by atoms with Crippen LogP contribution in [0.3, 0.4) is 0 Å². The quantitative estimate of drug-likeness (QED) is 0.484. The second-order valence-corrected chi connectivity index (χ2v) is 7.68. The zero-order valence-electron chi connectivity index (χ0n) is 14.7. The summed E-state index contributed by atoms with van der Waals surface area (Å²) >= 11 is 0. The summed E-state index contributed by atoms with van der Waals surface area (Å²) in [7, 11) is 0. The summed E-state index contributed by atoms with van der Waals surface area (Å²) in [6.45, 7) is 6.58. The highest BCUT2D eigenvalue weighted by atomic mass is 16.6. The molecule has 1 unspecified atom stereocenters. The highest BCUT2D eigenvalue weighted by Crippen LogP contribution is 2.29. The number of alkyl carbamates (subject to hydrolysis) is 1. The molecule has 1 heterocycles. The van der Waals surface area contributed by atoms with E-state index in [9.17, 15) is 9.59 Å². The van der Waals surface area contributed by atoms with Gasteiger partial charge in [0.1, 0.15) is 5.60 Å². The van der Waals surface area contributed by atoms with Gasteiger partial charge in [0.2, 0.25) is 5.91 Å². The summed E-state index contributed by atoms with van der Waals surface area (Å²) < 4.78 is 5.28. The summed E-state index contributed by atoms with van der Waals surface area (Å²) in [6.07, 6.45) is 3.52. The number of hydrogen-bond acceptors (Lipinski definition) is 4. The Morgan fingerprint density at radius 1 is 1.38 bits per heavy atom. The van der Waals surface area contributed by atoms with E-state index in [2.05, 4.69) is 15.3 Å². The number of nitrogens with zero attached hydrogens (tertiary/aromatic N) is 4. The monoisotopic (exact) mass is 337 g/mol. The first-order chi connectivity index (χ1) is 11.3. The number of nitrogens with one attached hydrogen (secondary N) is 1. The lowest BCUT2D eigenvalue weighted by Crippen LogP contribution is -2.45. The Hall–Kier alpha value is -1.95. The van der Waals surface area contributed by atoms with E-state index >= 15 is 0 Å². The Kier molecular flexibility index (Phi) is 5.94. The first-order valence-corrected chi connectivity index (χ1v) is 8.58. The molecular formula is C16H27N5O3. The van der Waals surface area contributed by atoms with E-state index in [0.717, 1.165) is 25.7 Å². The van der Waals surface area contributed by atoms with E-state index in [0.29, 0.717) is 19.5 Å². The molecule has 24 heavy (non-hydrogen) atoms. The number of hydrogen-bond donors (Lipinski definition) is 1. The van der Waals surface area contributed by atoms with Crippen LogP contribution in [-0.2, 0) is 9.53 Å². The Labute approximate surface area is 142 Å². The molecule has 1 aliphatic heterocycles. The second-order valence-electron chi connectivity index (χ2n) is 7.68. The van der Waals surface area contributed by atoms with Crippen LogP contribution in [0.1, 0.15) is 52.9 Å². The predicted molar refractivity (Wildman–Crippen MR) is 89.2 cm³/mol. The molecule has 1 saturated heterocycles. The summed E-state index contributed by atoms with van der Waals surface area (Å²) in [5.74, 6) is 0.280. The molecule has 1 saturated carbocycles. The van der Waals surface area contributed by atoms with Crippen LogP contribution in [0.5, 0.6) is 0 Å². The highest BCUT2D eigenvalue weighted by Gasteiger charge is 2.36. The van der Waals surface area contributed by atoms with E-state index in [4.69, 9.17) is 10.3 Å². The molecule has 0 aromatic rings. The first kappa shape index (κ1) is 18.4. The molecule has 8 heteroatoms. The molecule has 1 atom stereocenters. The van der Waals surface area contributed by atoms with Gasteiger partial charge in [-0.1, -0.05) is 5.11 Å². The van der Waals surface area contributed by atoms with Gasteiger partial charge in [0.25, 0.3) is 0 Å². The molecule has 1 N–H and O–H groups in total. The van der Waals surface area contributed by atoms with Crippen LogP contribution in [0.25, 0.3) is 10.4 Å². The molecule has 2 fully saturated rings. The number of ether oxygens (including phenoxy) is 1. The van der Waals surface area contributed by atoms with Crippen LogP contribution in [0.15, 0.2) is 5.11 Å². The number of likely N-dealkylation sites (tertiary alicyclic amines) is 1. The average Bonchev–Trinajstić information content (AvgIpc) is 2.85. The van der Waals surface area contributed by atoms with E-state index < -0.39 is 5.60 Å². The van der Waals surface area contributed by atoms with Gasteiger partial charge in [-0.3, -0.25) is 4.79 Å². The lowest BCUT2D eigenvalue weighted by Gasteiger charge is -2.35. The fourth-order valence-electron chi connectivity index (χ4n) is 3.44. The third-order valence-electron chi connectivity index (χ3n) is 4.50. The minimum Gasteiger partial charge on any atom is -0.444 e. The predicted octanol–water partition coefficient (Wildman–Crippen LogP) is 2.98. The maximum Gasteiger partial charge on any atom is 0.407 e. The van der Waals surface area contributed by atoms with Crippen LogP contribution < -0.4 is 5.32 Å². The summed E-state index contributed by atoms with van der Waals surface area (Å²) in [5.41, 5.74) is 7.90. The Balaban J connectivity index is 1.77. The topological polar surface area (TPSA) is 107 Å². The van der Waals surface area contributed by atoms with Crippen molar-refractivity contribution in [1.82, 2.24) is 10.2 Å². The number of azide groups is 1. The van der Waals surface area contributed by atoms with Gasteiger partial charge in [0.15, 0.2) is 0 Å². The zero-order chi connectivity index (χ0) is 17.7. The van der Waals surface area contributed by atoms with Gasteiger partial charge < -0.3 is 15.0 Å². The molecule has 1 aliphatic carbocycles. The van der Waals surface area contributed by atoms with Crippen molar-refractivity contribution in [3.63, 3.8) is 0 Å². The van der Waals surface area contributed by atoms with Crippen molar-refractivity contribution >= 4 is 12.0 Å². The van der Waals surface area contributed by atoms with Crippen LogP contribution >= 0.6 is 0 Å². The molecule has 0 bridgehead atoms. The number of carbonyl (C=O) groups is 2. The average molecular weight is 337 g/mol. The lowest BCUT2D eigenvalue weighted by atomic mass is 9.90. The lowest BCUT2D eigenvalue weighted by molar-refractivity contribution is -0.130. The van der Waals surface area contributed by atoms with Gasteiger partial charge in [-0.25, -0.2) is 4.79 Å². The second kappa shape index (κ2) is 7.75. The molecule has 2 aliphatic rings. The summed E-state index contributed by atoms with van der Waals surface area (Å²) in [6, 6.07) is 0.332. The van der Waals surface area contributed by atoms with Crippen molar-refractivity contribution in [1.29, 1.82) is 0 Å². The van der Waals surface area contributed by atoms with Crippen LogP contribution in [0.4, 0.5) is 4.79 Å². The molecule has 0 aromatic carbocycles. The van der Waals surface area contributed by atoms with E-state index in [1.165, 1.54) is 0 Å². The molecule has 2 amide bonds. The zero-order valence-corrected chi connectivity index (χ0v) is 14.7. The molecule has 0 spiro atoms. The van der Waals surface area contributed by atoms with Gasteiger partial charge in [0.05, 0.1) is 0 Å². The fourth-order valence-corrected chi connectivity index (χ4v) is 3.44. The minimum absolute atomic E-state index is 0.104. The van der Waals surface area contributed by atoms with Crippen LogP contribution in [-0.4, -0.2) is 47.7 Å². The maximum atomic E-state index is 12.2. The molecular weight excluding hydrogens is 310 g/mol. The van der Waals surface area contributed by atoms with Gasteiger partial charge >= 0.3 is 6.09 Å². The fraction of sp³-hybridized carbons (Fsp3) is 0.875. The van der Waals surface area contributed by atoms with Crippen molar-refractivity contribution in [2.24, 2.45) is 11.0 Å². The van der Waals surface area contributed by atoms with Gasteiger partial charge in [-0.15, -0.1) is 0 Å². The molecule has 134 valence electrons. The van der Waals surface area contributed by atoms with Crippen molar-refractivity contribution < 1.29 is 14.3 Å². The van der Waals surface area contributed by atoms with E-state index in [1.807, 2.05) is 25.7 Å². The number of amides is 2. The number of carbonyl (C=O) groups excluding carboxylic acids is 2. The summed E-state index contributed by atoms with van der Waals surface area (Å²) in [5, 5.41) is 6.50. The van der Waals surface area contributed by atoms with Crippen molar-refractivity contribution in [2.45, 2.75) is 70.6 Å². The van der Waals surface area contributed by atoms with Crippen LogP contribution in [0, 0.1) is 5.92 Å². The van der Waals surface area contributed by atoms with E-state index in [-0.39, 0.29) is 30.0 Å². The van der Waals surface area contributed by atoms with Crippen molar-refractivity contribution in [2.75, 3.05) is 13.1 Å². The van der Waals surface area contributed by atoms with Gasteiger partial charge in [0, 0.05) is 36.5 Å². The molecule has 0 radical (unpaired) electrons. The Morgan fingerprint density at radius 3 is 2.62 bits per heavy atom. The Bertz CT molecular complexity index is 516. The van der Waals surface area contributed by atoms with Crippen LogP contribution in [0.2, 0.25) is 0 Å². The van der Waals surface area contributed by atoms with Gasteiger partial charge in [-0.05, 0) is 57.9 Å². The van der Waals surface area contributed by atoms with Crippen molar-refractivity contribution in [3.8, 4) is 0 Å². The standard InChI is InChI=1S/C16H27N5O3/c1-16(2,3)24-15(23)19-12-4-6-13(7-5-12)21-10-11(8-14(21)22)9-18-20-17/h11-13H,4-10H2,1-3H3,(H,19,23). The molecule has 8 nitrogen and oxygen atoms in total. The number of rotatable bonds is 4. The van der Waals surface area contributed by atoms with E-state index in [1.54, 1.807) is 0 Å². The normalized spacial score (nSPS) is 27.5. The SMILES string of the molecule is CC(C)(C)OC(=O)NC1CCC(N2CC(CN=[N+]=[N-])CC2=O)CC1. The first-order valence-electron chi connectivity index (χ1n) is 8.58. The highest BCUT2D eigenvalue weighted by molar-refractivity contribution is 5.79. The minimum atomic E-state index is -0.496. The molecule has 0 aromatic heterocycles. The maximum absolute atomic E-state index is 12.2. The summed E-state index contributed by atoms with van der Waals surface area (Å²) in [4.78, 5) is 28.7. The Morgan fingerprint density at radius 2 is 2.04 bits per heavy atom. The largest absolute Gasteiger partial charge is 0.444 e. The van der Waals surface area contributed by atoms with Gasteiger partial charge in [-0.2, -0.15) is 0 Å². The smallest absolute Gasteiger partial charge is 0.407 e. The third kappa shape index (κ3) is 5.30.